The molecule has 0 radical (unpaired) electrons. The summed E-state index contributed by atoms with van der Waals surface area (Å²) in [4.78, 5) is 0. The topological polar surface area (TPSA) is 0 Å². The van der Waals surface area contributed by atoms with E-state index in [1.165, 1.54) is 31.3 Å². The summed E-state index contributed by atoms with van der Waals surface area (Å²) in [6.45, 7) is 6.76. The van der Waals surface area contributed by atoms with Gasteiger partial charge in [-0.1, -0.05) is 44.2 Å². The van der Waals surface area contributed by atoms with Crippen LogP contribution < -0.4 is 0 Å². The molecule has 1 aromatic heterocycles. The molecule has 0 atom stereocenters. The van der Waals surface area contributed by atoms with Crippen LogP contribution in [0.3, 0.4) is 0 Å². The van der Waals surface area contributed by atoms with Crippen LogP contribution in [0, 0.1) is 6.92 Å². The van der Waals surface area contributed by atoms with Gasteiger partial charge in [0.2, 0.25) is 0 Å². The number of benzene rings is 2. The van der Waals surface area contributed by atoms with Gasteiger partial charge in [0.15, 0.2) is 0 Å². The lowest BCUT2D eigenvalue weighted by Crippen LogP contribution is -1.88. The molecule has 0 spiro atoms. The van der Waals surface area contributed by atoms with Gasteiger partial charge >= 0.3 is 0 Å². The summed E-state index contributed by atoms with van der Waals surface area (Å²) in [6, 6.07) is 13.3. The summed E-state index contributed by atoms with van der Waals surface area (Å²) < 4.78 is 2.86. The van der Waals surface area contributed by atoms with Crippen molar-refractivity contribution in [3.05, 3.63) is 47.5 Å². The molecule has 0 N–H and O–H groups in total. The average molecular weight is 240 g/mol. The summed E-state index contributed by atoms with van der Waals surface area (Å²) in [5.41, 5.74) is 2.87. The lowest BCUT2D eigenvalue weighted by Gasteiger charge is -2.09. The number of rotatable bonds is 1. The van der Waals surface area contributed by atoms with Gasteiger partial charge in [0.1, 0.15) is 0 Å². The molecule has 0 aliphatic heterocycles. The largest absolute Gasteiger partial charge is 0.135 e. The zero-order chi connectivity index (χ0) is 12.0. The standard InChI is InChI=1S/C16H16S/c1-10(2)12-9-8-11(3)16-15(12)13-6-4-5-7-14(13)17-16/h4-10H,1-3H3. The second-order valence-electron chi connectivity index (χ2n) is 4.93. The van der Waals surface area contributed by atoms with Crippen LogP contribution in [0.15, 0.2) is 36.4 Å². The Kier molecular flexibility index (Phi) is 2.44. The minimum Gasteiger partial charge on any atom is -0.135 e. The Hall–Kier alpha value is -1.34. The molecule has 3 aromatic rings. The Bertz CT molecular complexity index is 689. The van der Waals surface area contributed by atoms with Crippen molar-refractivity contribution in [2.45, 2.75) is 26.7 Å². The highest BCUT2D eigenvalue weighted by atomic mass is 32.1. The van der Waals surface area contributed by atoms with Crippen LogP contribution in [0.4, 0.5) is 0 Å². The molecular formula is C16H16S. The molecule has 86 valence electrons. The molecule has 2 aromatic carbocycles. The van der Waals surface area contributed by atoms with Crippen LogP contribution in [0.25, 0.3) is 20.2 Å². The molecule has 0 amide bonds. The fraction of sp³-hybridized carbons (Fsp3) is 0.250. The second kappa shape index (κ2) is 3.85. The maximum absolute atomic E-state index is 2.29. The first-order valence-electron chi connectivity index (χ1n) is 6.09. The van der Waals surface area contributed by atoms with Crippen molar-refractivity contribution >= 4 is 31.5 Å². The van der Waals surface area contributed by atoms with E-state index in [1.54, 1.807) is 0 Å². The SMILES string of the molecule is Cc1ccc(C(C)C)c2c1sc1ccccc12. The van der Waals surface area contributed by atoms with Gasteiger partial charge in [-0.25, -0.2) is 0 Å². The zero-order valence-electron chi connectivity index (χ0n) is 10.4. The molecule has 3 rings (SSSR count). The van der Waals surface area contributed by atoms with E-state index < -0.39 is 0 Å². The maximum Gasteiger partial charge on any atom is 0.0387 e. The number of thiophene rings is 1. The first-order valence-corrected chi connectivity index (χ1v) is 6.91. The average Bonchev–Trinajstić information content (AvgIpc) is 2.69. The first kappa shape index (κ1) is 10.8. The third-order valence-electron chi connectivity index (χ3n) is 3.38. The van der Waals surface area contributed by atoms with E-state index in [9.17, 15) is 0 Å². The predicted octanol–water partition coefficient (Wildman–Crippen LogP) is 5.49. The highest BCUT2D eigenvalue weighted by molar-refractivity contribution is 7.26. The van der Waals surface area contributed by atoms with Gasteiger partial charge in [-0.2, -0.15) is 0 Å². The molecule has 0 saturated carbocycles. The fourth-order valence-electron chi connectivity index (χ4n) is 2.46. The molecule has 0 fully saturated rings. The van der Waals surface area contributed by atoms with Gasteiger partial charge in [0, 0.05) is 20.2 Å². The highest BCUT2D eigenvalue weighted by Gasteiger charge is 2.12. The van der Waals surface area contributed by atoms with Crippen molar-refractivity contribution in [2.24, 2.45) is 0 Å². The van der Waals surface area contributed by atoms with E-state index in [-0.39, 0.29) is 0 Å². The Balaban J connectivity index is 2.56. The van der Waals surface area contributed by atoms with Crippen LogP contribution in [0.5, 0.6) is 0 Å². The fourth-order valence-corrected chi connectivity index (χ4v) is 3.67. The van der Waals surface area contributed by atoms with Crippen molar-refractivity contribution in [3.8, 4) is 0 Å². The van der Waals surface area contributed by atoms with Gasteiger partial charge in [-0.3, -0.25) is 0 Å². The molecular weight excluding hydrogens is 224 g/mol. The van der Waals surface area contributed by atoms with Crippen LogP contribution in [0.1, 0.15) is 30.9 Å². The zero-order valence-corrected chi connectivity index (χ0v) is 11.3. The smallest absolute Gasteiger partial charge is 0.0387 e. The predicted molar refractivity (Wildman–Crippen MR) is 78.2 cm³/mol. The molecule has 0 nitrogen and oxygen atoms in total. The van der Waals surface area contributed by atoms with Gasteiger partial charge in [0.05, 0.1) is 0 Å². The molecule has 1 heterocycles. The van der Waals surface area contributed by atoms with Crippen molar-refractivity contribution < 1.29 is 0 Å². The van der Waals surface area contributed by atoms with Crippen LogP contribution in [-0.2, 0) is 0 Å². The second-order valence-corrected chi connectivity index (χ2v) is 5.98. The van der Waals surface area contributed by atoms with Crippen LogP contribution >= 0.6 is 11.3 Å². The Labute approximate surface area is 106 Å². The summed E-state index contributed by atoms with van der Waals surface area (Å²) >= 11 is 1.92. The van der Waals surface area contributed by atoms with Crippen molar-refractivity contribution in [1.29, 1.82) is 0 Å². The quantitative estimate of drug-likeness (QED) is 0.528. The number of fused-ring (bicyclic) bond motifs is 3. The Morgan fingerprint density at radius 2 is 1.76 bits per heavy atom. The molecule has 0 unspecified atom stereocenters. The summed E-state index contributed by atoms with van der Waals surface area (Å²) in [6.07, 6.45) is 0. The van der Waals surface area contributed by atoms with Gasteiger partial charge < -0.3 is 0 Å². The lowest BCUT2D eigenvalue weighted by molar-refractivity contribution is 0.877. The van der Waals surface area contributed by atoms with Crippen molar-refractivity contribution in [3.63, 3.8) is 0 Å². The first-order chi connectivity index (χ1) is 8.18. The normalized spacial score (nSPS) is 11.8. The Morgan fingerprint density at radius 3 is 2.53 bits per heavy atom. The minimum atomic E-state index is 0.580. The van der Waals surface area contributed by atoms with E-state index in [1.807, 2.05) is 11.3 Å². The summed E-state index contributed by atoms with van der Waals surface area (Å²) in [5, 5.41) is 2.89. The van der Waals surface area contributed by atoms with Crippen LogP contribution in [-0.4, -0.2) is 0 Å². The van der Waals surface area contributed by atoms with E-state index in [0.717, 1.165) is 0 Å². The number of hydrogen-bond donors (Lipinski definition) is 0. The number of aryl methyl sites for hydroxylation is 1. The van der Waals surface area contributed by atoms with Gasteiger partial charge in [-0.05, 0) is 30.0 Å². The highest BCUT2D eigenvalue weighted by Crippen LogP contribution is 2.39. The van der Waals surface area contributed by atoms with Gasteiger partial charge in [0.25, 0.3) is 0 Å². The molecule has 0 aliphatic carbocycles. The minimum absolute atomic E-state index is 0.580. The molecule has 0 aliphatic rings. The molecule has 1 heteroatoms. The van der Waals surface area contributed by atoms with Crippen molar-refractivity contribution in [2.75, 3.05) is 0 Å². The molecule has 17 heavy (non-hydrogen) atoms. The van der Waals surface area contributed by atoms with E-state index >= 15 is 0 Å². The van der Waals surface area contributed by atoms with E-state index in [4.69, 9.17) is 0 Å². The van der Waals surface area contributed by atoms with Gasteiger partial charge in [-0.15, -0.1) is 11.3 Å². The van der Waals surface area contributed by atoms with E-state index in [2.05, 4.69) is 57.2 Å². The monoisotopic (exact) mass is 240 g/mol. The maximum atomic E-state index is 2.29. The molecule has 0 saturated heterocycles. The van der Waals surface area contributed by atoms with Crippen LogP contribution in [0.2, 0.25) is 0 Å². The number of hydrogen-bond acceptors (Lipinski definition) is 1. The summed E-state index contributed by atoms with van der Waals surface area (Å²) in [7, 11) is 0. The Morgan fingerprint density at radius 1 is 1.00 bits per heavy atom. The third kappa shape index (κ3) is 1.57. The molecule has 0 bridgehead atoms. The van der Waals surface area contributed by atoms with Crippen molar-refractivity contribution in [1.82, 2.24) is 0 Å². The summed E-state index contributed by atoms with van der Waals surface area (Å²) in [5.74, 6) is 0.580. The third-order valence-corrected chi connectivity index (χ3v) is 4.68. The lowest BCUT2D eigenvalue weighted by atomic mass is 9.96. The van der Waals surface area contributed by atoms with E-state index in [0.29, 0.717) is 5.92 Å².